The van der Waals surface area contributed by atoms with Crippen molar-refractivity contribution in [1.29, 1.82) is 0 Å². The molecule has 0 bridgehead atoms. The normalized spacial score (nSPS) is 20.3. The summed E-state index contributed by atoms with van der Waals surface area (Å²) in [6.07, 6.45) is 3.31. The molecule has 2 atom stereocenters. The topological polar surface area (TPSA) is 85.0 Å². The maximum absolute atomic E-state index is 11.7. The number of nitro groups is 1. The molecule has 0 radical (unpaired) electrons. The second-order valence-electron chi connectivity index (χ2n) is 7.69. The zero-order valence-electron chi connectivity index (χ0n) is 17.2. The van der Waals surface area contributed by atoms with Gasteiger partial charge in [0.2, 0.25) is 0 Å². The molecule has 4 rings (SSSR count). The second kappa shape index (κ2) is 7.74. The largest absolute Gasteiger partial charge is 0.497 e. The Labute approximate surface area is 174 Å². The SMILES string of the molecule is COc1ccc2c(c1)C1=NN(/C(C)=C/C(C)=O)[C@@H](c3cccc([N+](=O)[O-])c3)[C@@H]1CC2. The van der Waals surface area contributed by atoms with Gasteiger partial charge in [0.05, 0.1) is 23.8 Å². The number of non-ortho nitro benzene ring substituents is 1. The van der Waals surface area contributed by atoms with Gasteiger partial charge in [0, 0.05) is 35.4 Å². The molecule has 0 N–H and O–H groups in total. The Morgan fingerprint density at radius 3 is 2.77 bits per heavy atom. The van der Waals surface area contributed by atoms with Crippen LogP contribution in [0.15, 0.2) is 59.3 Å². The van der Waals surface area contributed by atoms with E-state index in [4.69, 9.17) is 9.84 Å². The van der Waals surface area contributed by atoms with Gasteiger partial charge in [-0.15, -0.1) is 0 Å². The molecule has 7 heteroatoms. The number of rotatable bonds is 5. The summed E-state index contributed by atoms with van der Waals surface area (Å²) >= 11 is 0. The number of hydrogen-bond acceptors (Lipinski definition) is 6. The number of methoxy groups -OCH3 is 1. The lowest BCUT2D eigenvalue weighted by atomic mass is 9.77. The highest BCUT2D eigenvalue weighted by Gasteiger charge is 2.42. The Hall–Kier alpha value is -3.48. The van der Waals surface area contributed by atoms with Gasteiger partial charge in [-0.25, -0.2) is 0 Å². The van der Waals surface area contributed by atoms with Crippen molar-refractivity contribution < 1.29 is 14.5 Å². The van der Waals surface area contributed by atoms with E-state index < -0.39 is 0 Å². The van der Waals surface area contributed by atoms with Crippen molar-refractivity contribution in [3.05, 3.63) is 81.0 Å². The van der Waals surface area contributed by atoms with Crippen LogP contribution in [0.3, 0.4) is 0 Å². The predicted octanol–water partition coefficient (Wildman–Crippen LogP) is 4.42. The molecule has 1 aliphatic carbocycles. The number of benzene rings is 2. The minimum atomic E-state index is -0.385. The number of ketones is 1. The van der Waals surface area contributed by atoms with Gasteiger partial charge in [-0.1, -0.05) is 18.2 Å². The summed E-state index contributed by atoms with van der Waals surface area (Å²) in [5.74, 6) is 0.753. The third-order valence-corrected chi connectivity index (χ3v) is 5.73. The van der Waals surface area contributed by atoms with Crippen molar-refractivity contribution >= 4 is 17.2 Å². The highest BCUT2D eigenvalue weighted by Crippen LogP contribution is 2.45. The third-order valence-electron chi connectivity index (χ3n) is 5.73. The van der Waals surface area contributed by atoms with Gasteiger partial charge in [0.25, 0.3) is 5.69 Å². The van der Waals surface area contributed by atoms with Crippen LogP contribution in [0, 0.1) is 16.0 Å². The van der Waals surface area contributed by atoms with Gasteiger partial charge >= 0.3 is 0 Å². The van der Waals surface area contributed by atoms with Gasteiger partial charge < -0.3 is 4.74 Å². The summed E-state index contributed by atoms with van der Waals surface area (Å²) in [7, 11) is 1.64. The van der Waals surface area contributed by atoms with Crippen LogP contribution in [0.25, 0.3) is 0 Å². The van der Waals surface area contributed by atoms with Crippen molar-refractivity contribution in [3.63, 3.8) is 0 Å². The lowest BCUT2D eigenvalue weighted by molar-refractivity contribution is -0.385. The van der Waals surface area contributed by atoms with Crippen LogP contribution >= 0.6 is 0 Å². The van der Waals surface area contributed by atoms with Gasteiger partial charge in [0.15, 0.2) is 5.78 Å². The molecule has 7 nitrogen and oxygen atoms in total. The van der Waals surface area contributed by atoms with Crippen LogP contribution in [0.4, 0.5) is 5.69 Å². The van der Waals surface area contributed by atoms with Crippen molar-refractivity contribution in [3.8, 4) is 5.75 Å². The fraction of sp³-hybridized carbons (Fsp3) is 0.304. The van der Waals surface area contributed by atoms with Crippen LogP contribution in [-0.2, 0) is 11.2 Å². The van der Waals surface area contributed by atoms with E-state index in [1.807, 2.05) is 30.1 Å². The summed E-state index contributed by atoms with van der Waals surface area (Å²) < 4.78 is 5.41. The number of carbonyl (C=O) groups is 1. The summed E-state index contributed by atoms with van der Waals surface area (Å²) in [5, 5.41) is 18.1. The molecule has 1 aliphatic heterocycles. The van der Waals surface area contributed by atoms with Crippen molar-refractivity contribution in [2.45, 2.75) is 32.7 Å². The zero-order valence-corrected chi connectivity index (χ0v) is 17.2. The molecule has 30 heavy (non-hydrogen) atoms. The summed E-state index contributed by atoms with van der Waals surface area (Å²) in [6.45, 7) is 3.35. The number of fused-ring (bicyclic) bond motifs is 3. The minimum absolute atomic E-state index is 0.0481. The average Bonchev–Trinajstić information content (AvgIpc) is 3.13. The smallest absolute Gasteiger partial charge is 0.269 e. The lowest BCUT2D eigenvalue weighted by Gasteiger charge is -2.31. The molecule has 154 valence electrons. The molecule has 1 heterocycles. The number of aryl methyl sites for hydroxylation is 1. The number of allylic oxidation sites excluding steroid dienone is 2. The van der Waals surface area contributed by atoms with Gasteiger partial charge in [0.1, 0.15) is 5.75 Å². The van der Waals surface area contributed by atoms with E-state index in [2.05, 4.69) is 6.07 Å². The van der Waals surface area contributed by atoms with Crippen LogP contribution in [0.2, 0.25) is 0 Å². The molecule has 2 aromatic rings. The van der Waals surface area contributed by atoms with E-state index in [9.17, 15) is 14.9 Å². The number of nitrogens with zero attached hydrogens (tertiary/aromatic N) is 3. The maximum Gasteiger partial charge on any atom is 0.269 e. The molecular weight excluding hydrogens is 382 g/mol. The first-order valence-corrected chi connectivity index (χ1v) is 9.87. The quantitative estimate of drug-likeness (QED) is 0.418. The Kier molecular flexibility index (Phi) is 5.11. The first-order valence-electron chi connectivity index (χ1n) is 9.87. The van der Waals surface area contributed by atoms with Gasteiger partial charge in [-0.2, -0.15) is 5.10 Å². The van der Waals surface area contributed by atoms with E-state index in [1.54, 1.807) is 25.3 Å². The Morgan fingerprint density at radius 2 is 2.07 bits per heavy atom. The van der Waals surface area contributed by atoms with E-state index in [0.29, 0.717) is 5.70 Å². The second-order valence-corrected chi connectivity index (χ2v) is 7.69. The Morgan fingerprint density at radius 1 is 1.27 bits per heavy atom. The third kappa shape index (κ3) is 3.47. The van der Waals surface area contributed by atoms with Crippen molar-refractivity contribution in [2.24, 2.45) is 11.0 Å². The van der Waals surface area contributed by atoms with E-state index >= 15 is 0 Å². The monoisotopic (exact) mass is 405 g/mol. The molecule has 0 spiro atoms. The first-order chi connectivity index (χ1) is 14.4. The number of hydrogen-bond donors (Lipinski definition) is 0. The molecule has 0 aromatic heterocycles. The van der Waals surface area contributed by atoms with E-state index in [0.717, 1.165) is 35.4 Å². The summed E-state index contributed by atoms with van der Waals surface area (Å²) in [4.78, 5) is 22.7. The fourth-order valence-corrected chi connectivity index (χ4v) is 4.42. The van der Waals surface area contributed by atoms with Crippen molar-refractivity contribution in [1.82, 2.24) is 5.01 Å². The highest BCUT2D eigenvalue weighted by molar-refractivity contribution is 6.06. The summed E-state index contributed by atoms with van der Waals surface area (Å²) in [6, 6.07) is 12.5. The zero-order chi connectivity index (χ0) is 21.4. The highest BCUT2D eigenvalue weighted by atomic mass is 16.6. The van der Waals surface area contributed by atoms with E-state index in [1.165, 1.54) is 18.6 Å². The Balaban J connectivity index is 1.85. The molecule has 0 fully saturated rings. The van der Waals surface area contributed by atoms with Crippen LogP contribution < -0.4 is 4.74 Å². The maximum atomic E-state index is 11.7. The molecule has 0 amide bonds. The van der Waals surface area contributed by atoms with E-state index in [-0.39, 0.29) is 28.4 Å². The summed E-state index contributed by atoms with van der Waals surface area (Å²) in [5.41, 5.74) is 4.76. The van der Waals surface area contributed by atoms with Crippen LogP contribution in [-0.4, -0.2) is 28.5 Å². The number of carbonyl (C=O) groups excluding carboxylic acids is 1. The predicted molar refractivity (Wildman–Crippen MR) is 113 cm³/mol. The number of hydrazone groups is 1. The minimum Gasteiger partial charge on any atom is -0.497 e. The Bertz CT molecular complexity index is 1090. The fourth-order valence-electron chi connectivity index (χ4n) is 4.42. The van der Waals surface area contributed by atoms with Crippen molar-refractivity contribution in [2.75, 3.05) is 7.11 Å². The number of nitro benzene ring substituents is 1. The molecular formula is C23H23N3O4. The molecule has 2 aliphatic rings. The average molecular weight is 405 g/mol. The molecule has 0 saturated carbocycles. The van der Waals surface area contributed by atoms with Gasteiger partial charge in [-0.05, 0) is 49.9 Å². The molecule has 0 unspecified atom stereocenters. The molecule has 0 saturated heterocycles. The van der Waals surface area contributed by atoms with Gasteiger partial charge in [-0.3, -0.25) is 19.9 Å². The van der Waals surface area contributed by atoms with Crippen LogP contribution in [0.1, 0.15) is 43.0 Å². The standard InChI is InChI=1S/C23H23N3O4/c1-14(11-15(2)27)25-23(17-5-4-6-18(12-17)26(28)29)20-10-8-16-7-9-19(30-3)13-21(16)22(20)24-25/h4-7,9,11-13,20,23H,8,10H2,1-3H3/b14-11+/t20-,23+/m1/s1. The first kappa shape index (κ1) is 19.8. The van der Waals surface area contributed by atoms with Crippen LogP contribution in [0.5, 0.6) is 5.75 Å². The lowest BCUT2D eigenvalue weighted by Crippen LogP contribution is -2.28. The number of ether oxygens (including phenoxy) is 1. The molecule has 2 aromatic carbocycles.